The van der Waals surface area contributed by atoms with E-state index in [2.05, 4.69) is 40.2 Å². The summed E-state index contributed by atoms with van der Waals surface area (Å²) in [7, 11) is 0. The Morgan fingerprint density at radius 3 is 2.33 bits per heavy atom. The van der Waals surface area contributed by atoms with Gasteiger partial charge in [0.2, 0.25) is 0 Å². The number of hydrogen-bond donors (Lipinski definition) is 0. The number of hydrogen-bond acceptors (Lipinski definition) is 0. The van der Waals surface area contributed by atoms with Gasteiger partial charge in [0.25, 0.3) is 0 Å². The highest BCUT2D eigenvalue weighted by molar-refractivity contribution is 9.10. The van der Waals surface area contributed by atoms with Crippen LogP contribution in [0.3, 0.4) is 0 Å². The predicted molar refractivity (Wildman–Crippen MR) is 69.0 cm³/mol. The van der Waals surface area contributed by atoms with Crippen LogP contribution in [-0.4, -0.2) is 0 Å². The summed E-state index contributed by atoms with van der Waals surface area (Å²) in [5.41, 5.74) is 1.49. The lowest BCUT2D eigenvalue weighted by Crippen LogP contribution is -2.03. The highest BCUT2D eigenvalue weighted by Crippen LogP contribution is 2.28. The second-order valence-electron chi connectivity index (χ2n) is 4.65. The first-order chi connectivity index (χ1) is 7.36. The number of rotatable bonds is 2. The predicted octanol–water partition coefficient (Wildman–Crippen LogP) is 4.96. The third-order valence-electron chi connectivity index (χ3n) is 3.44. The monoisotopic (exact) mass is 266 g/mol. The molecule has 0 unspecified atom stereocenters. The fourth-order valence-electron chi connectivity index (χ4n) is 2.54. The van der Waals surface area contributed by atoms with Crippen molar-refractivity contribution in [3.63, 3.8) is 0 Å². The van der Waals surface area contributed by atoms with Gasteiger partial charge >= 0.3 is 0 Å². The molecule has 0 aliphatic heterocycles. The minimum absolute atomic E-state index is 0.922. The van der Waals surface area contributed by atoms with Gasteiger partial charge in [0.1, 0.15) is 0 Å². The molecule has 0 atom stereocenters. The molecule has 1 fully saturated rings. The molecule has 1 aromatic rings. The molecule has 0 bridgehead atoms. The Morgan fingerprint density at radius 1 is 1.00 bits per heavy atom. The topological polar surface area (TPSA) is 0 Å². The maximum atomic E-state index is 3.64. The Labute approximate surface area is 101 Å². The molecule has 0 nitrogen and oxygen atoms in total. The van der Waals surface area contributed by atoms with Crippen LogP contribution in [0.15, 0.2) is 28.7 Å². The van der Waals surface area contributed by atoms with Gasteiger partial charge < -0.3 is 0 Å². The minimum atomic E-state index is 0.922. The lowest BCUT2D eigenvalue weighted by atomic mass is 9.92. The van der Waals surface area contributed by atoms with Gasteiger partial charge in [-0.05, 0) is 24.0 Å². The van der Waals surface area contributed by atoms with E-state index in [4.69, 9.17) is 0 Å². The van der Waals surface area contributed by atoms with Gasteiger partial charge in [-0.3, -0.25) is 0 Å². The highest BCUT2D eigenvalue weighted by Gasteiger charge is 2.13. The van der Waals surface area contributed by atoms with Crippen molar-refractivity contribution in [2.45, 2.75) is 44.9 Å². The van der Waals surface area contributed by atoms with E-state index in [0.717, 1.165) is 5.92 Å². The molecule has 15 heavy (non-hydrogen) atoms. The Kier molecular flexibility index (Phi) is 4.25. The van der Waals surface area contributed by atoms with E-state index in [1.807, 2.05) is 0 Å². The zero-order valence-corrected chi connectivity index (χ0v) is 10.8. The molecule has 0 amide bonds. The molecule has 1 saturated carbocycles. The average Bonchev–Trinajstić information content (AvgIpc) is 2.50. The summed E-state index contributed by atoms with van der Waals surface area (Å²) in [6.07, 6.45) is 9.91. The fraction of sp³-hybridized carbons (Fsp3) is 0.571. The number of benzene rings is 1. The van der Waals surface area contributed by atoms with Crippen LogP contribution in [0.2, 0.25) is 0 Å². The fourth-order valence-corrected chi connectivity index (χ4v) is 2.99. The summed E-state index contributed by atoms with van der Waals surface area (Å²) >= 11 is 3.64. The first kappa shape index (κ1) is 11.2. The molecule has 0 spiro atoms. The van der Waals surface area contributed by atoms with E-state index < -0.39 is 0 Å². The molecular formula is C14H19Br. The van der Waals surface area contributed by atoms with Crippen LogP contribution in [0.5, 0.6) is 0 Å². The molecule has 1 aliphatic carbocycles. The third kappa shape index (κ3) is 3.34. The minimum Gasteiger partial charge on any atom is -0.0619 e. The van der Waals surface area contributed by atoms with Gasteiger partial charge in [-0.2, -0.15) is 0 Å². The second kappa shape index (κ2) is 5.69. The first-order valence-corrected chi connectivity index (χ1v) is 6.89. The van der Waals surface area contributed by atoms with Crippen molar-refractivity contribution in [1.29, 1.82) is 0 Å². The Balaban J connectivity index is 1.98. The smallest absolute Gasteiger partial charge is 0.0207 e. The van der Waals surface area contributed by atoms with Gasteiger partial charge in [0.05, 0.1) is 0 Å². The van der Waals surface area contributed by atoms with Crippen molar-refractivity contribution >= 4 is 15.9 Å². The van der Waals surface area contributed by atoms with Crippen LogP contribution >= 0.6 is 15.9 Å². The molecule has 0 heterocycles. The summed E-state index contributed by atoms with van der Waals surface area (Å²) in [5.74, 6) is 0.922. The lowest BCUT2D eigenvalue weighted by Gasteiger charge is -2.14. The first-order valence-electron chi connectivity index (χ1n) is 6.09. The molecule has 0 radical (unpaired) electrons. The van der Waals surface area contributed by atoms with E-state index in [1.54, 1.807) is 0 Å². The quantitative estimate of drug-likeness (QED) is 0.664. The average molecular weight is 267 g/mol. The van der Waals surface area contributed by atoms with Crippen molar-refractivity contribution in [2.75, 3.05) is 0 Å². The van der Waals surface area contributed by atoms with Crippen LogP contribution < -0.4 is 0 Å². The van der Waals surface area contributed by atoms with E-state index in [1.165, 1.54) is 55.0 Å². The van der Waals surface area contributed by atoms with Gasteiger partial charge in [-0.15, -0.1) is 0 Å². The van der Waals surface area contributed by atoms with Crippen molar-refractivity contribution in [1.82, 2.24) is 0 Å². The summed E-state index contributed by atoms with van der Waals surface area (Å²) < 4.78 is 1.29. The second-order valence-corrected chi connectivity index (χ2v) is 5.51. The van der Waals surface area contributed by atoms with Crippen molar-refractivity contribution < 1.29 is 0 Å². The maximum absolute atomic E-state index is 3.64. The van der Waals surface area contributed by atoms with E-state index >= 15 is 0 Å². The standard InChI is InChI=1S/C14H19Br/c15-14-10-6-5-9-13(14)11-12-7-3-1-2-4-8-12/h5-6,9-10,12H,1-4,7-8,11H2. The van der Waals surface area contributed by atoms with E-state index in [-0.39, 0.29) is 0 Å². The molecule has 0 aromatic heterocycles. The Bertz CT molecular complexity index is 298. The lowest BCUT2D eigenvalue weighted by molar-refractivity contribution is 0.457. The normalized spacial score (nSPS) is 18.7. The molecule has 0 N–H and O–H groups in total. The molecular weight excluding hydrogens is 248 g/mol. The molecule has 0 saturated heterocycles. The van der Waals surface area contributed by atoms with Crippen LogP contribution in [0.25, 0.3) is 0 Å². The van der Waals surface area contributed by atoms with E-state index in [0.29, 0.717) is 0 Å². The van der Waals surface area contributed by atoms with Gasteiger partial charge in [-0.25, -0.2) is 0 Å². The molecule has 1 heteroatoms. The molecule has 82 valence electrons. The molecule has 1 aromatic carbocycles. The van der Waals surface area contributed by atoms with Crippen molar-refractivity contribution in [3.8, 4) is 0 Å². The van der Waals surface area contributed by atoms with Gasteiger partial charge in [0.15, 0.2) is 0 Å². The highest BCUT2D eigenvalue weighted by atomic mass is 79.9. The van der Waals surface area contributed by atoms with Crippen molar-refractivity contribution in [3.05, 3.63) is 34.3 Å². The Morgan fingerprint density at radius 2 is 1.67 bits per heavy atom. The van der Waals surface area contributed by atoms with Crippen LogP contribution in [0, 0.1) is 5.92 Å². The number of halogens is 1. The third-order valence-corrected chi connectivity index (χ3v) is 4.21. The summed E-state index contributed by atoms with van der Waals surface area (Å²) in [4.78, 5) is 0. The summed E-state index contributed by atoms with van der Waals surface area (Å²) in [6, 6.07) is 8.67. The van der Waals surface area contributed by atoms with E-state index in [9.17, 15) is 0 Å². The molecule has 2 rings (SSSR count). The zero-order chi connectivity index (χ0) is 10.5. The van der Waals surface area contributed by atoms with Crippen molar-refractivity contribution in [2.24, 2.45) is 5.92 Å². The van der Waals surface area contributed by atoms with Crippen LogP contribution in [-0.2, 0) is 6.42 Å². The maximum Gasteiger partial charge on any atom is 0.0207 e. The zero-order valence-electron chi connectivity index (χ0n) is 9.21. The van der Waals surface area contributed by atoms with Gasteiger partial charge in [0, 0.05) is 4.47 Å². The summed E-state index contributed by atoms with van der Waals surface area (Å²) in [6.45, 7) is 0. The van der Waals surface area contributed by atoms with Crippen LogP contribution in [0.1, 0.15) is 44.1 Å². The van der Waals surface area contributed by atoms with Crippen LogP contribution in [0.4, 0.5) is 0 Å². The summed E-state index contributed by atoms with van der Waals surface area (Å²) in [5, 5.41) is 0. The Hall–Kier alpha value is -0.300. The SMILES string of the molecule is Brc1ccccc1CC1CCCCCC1. The largest absolute Gasteiger partial charge is 0.0619 e. The van der Waals surface area contributed by atoms with Gasteiger partial charge in [-0.1, -0.05) is 72.7 Å². The molecule has 1 aliphatic rings.